The molecule has 0 saturated heterocycles. The monoisotopic (exact) mass is 1230 g/mol. The van der Waals surface area contributed by atoms with Gasteiger partial charge in [0.05, 0.1) is 16.2 Å². The number of anilines is 3. The van der Waals surface area contributed by atoms with Crippen LogP contribution in [0, 0.1) is 35.5 Å². The van der Waals surface area contributed by atoms with Crippen molar-refractivity contribution in [2.24, 2.45) is 35.5 Å². The van der Waals surface area contributed by atoms with Crippen molar-refractivity contribution in [3.05, 3.63) is 375 Å². The van der Waals surface area contributed by atoms with Gasteiger partial charge in [-0.05, 0) is 271 Å². The lowest BCUT2D eigenvalue weighted by Gasteiger charge is -2.57. The second-order valence-corrected chi connectivity index (χ2v) is 31.4. The number of benzene rings is 12. The van der Waals surface area contributed by atoms with Crippen molar-refractivity contribution >= 4 is 17.1 Å². The largest absolute Gasteiger partial charge is 0.310 e. The molecule has 0 aromatic heterocycles. The van der Waals surface area contributed by atoms with E-state index in [1.54, 1.807) is 11.1 Å². The van der Waals surface area contributed by atoms with E-state index in [1.165, 1.54) is 177 Å². The van der Waals surface area contributed by atoms with E-state index < -0.39 is 16.2 Å². The van der Waals surface area contributed by atoms with Gasteiger partial charge >= 0.3 is 0 Å². The van der Waals surface area contributed by atoms with Crippen LogP contribution in [-0.4, -0.2) is 0 Å². The Morgan fingerprint density at radius 1 is 0.198 bits per heavy atom. The van der Waals surface area contributed by atoms with Crippen LogP contribution in [0.1, 0.15) is 155 Å². The van der Waals surface area contributed by atoms with Crippen LogP contribution in [0.4, 0.5) is 17.1 Å². The molecule has 11 aliphatic carbocycles. The molecule has 0 spiro atoms. The number of nitrogens with zero attached hydrogens (tertiary/aromatic N) is 1. The molecule has 0 unspecified atom stereocenters. The van der Waals surface area contributed by atoms with Gasteiger partial charge in [0.1, 0.15) is 0 Å². The van der Waals surface area contributed by atoms with Crippen molar-refractivity contribution in [1.82, 2.24) is 0 Å². The van der Waals surface area contributed by atoms with Crippen molar-refractivity contribution in [2.75, 3.05) is 4.90 Å². The Balaban J connectivity index is 0.819. The topological polar surface area (TPSA) is 3.24 Å². The molecule has 0 radical (unpaired) electrons. The zero-order valence-electron chi connectivity index (χ0n) is 54.7. The van der Waals surface area contributed by atoms with E-state index in [0.717, 1.165) is 52.6 Å². The molecule has 12 aromatic carbocycles. The van der Waals surface area contributed by atoms with Crippen molar-refractivity contribution in [3.63, 3.8) is 0 Å². The number of rotatable bonds is 11. The Hall–Kier alpha value is -9.56. The SMILES string of the molecule is c1ccc(C2(c3ccccc3)c3ccccc3-c3ccc(N(c4ccc5c(c4)C(c4ccccc4)(c4ccccc4)c4ccccc4-5)c4ccc5c(c4)C(c4ccc(C67CC8CC(CC(C8)C6)C7)cc4)(c4ccc(C67CC8CC(CC(C8)C6)C7)cc4)c4ccccc4-5)cc32)cc1. The van der Waals surface area contributed by atoms with E-state index in [9.17, 15) is 0 Å². The van der Waals surface area contributed by atoms with E-state index in [4.69, 9.17) is 0 Å². The summed E-state index contributed by atoms with van der Waals surface area (Å²) in [5.41, 5.74) is 28.9. The van der Waals surface area contributed by atoms with Gasteiger partial charge in [-0.1, -0.05) is 261 Å². The van der Waals surface area contributed by atoms with Crippen LogP contribution in [0.3, 0.4) is 0 Å². The lowest BCUT2D eigenvalue weighted by molar-refractivity contribution is -0.00530. The molecule has 0 atom stereocenters. The summed E-state index contributed by atoms with van der Waals surface area (Å²) in [4.78, 5) is 2.65. The summed E-state index contributed by atoms with van der Waals surface area (Å²) < 4.78 is 0. The molecule has 23 rings (SSSR count). The molecular weight excluding hydrogens is 1160 g/mol. The fraction of sp³-hybridized carbons (Fsp3) is 0.242. The fourth-order valence-corrected chi connectivity index (χ4v) is 23.9. The average molecular weight is 1230 g/mol. The zero-order valence-corrected chi connectivity index (χ0v) is 54.7. The van der Waals surface area contributed by atoms with Crippen molar-refractivity contribution < 1.29 is 0 Å². The molecule has 8 fully saturated rings. The minimum absolute atomic E-state index is 0.296. The van der Waals surface area contributed by atoms with E-state index >= 15 is 0 Å². The highest BCUT2D eigenvalue weighted by atomic mass is 15.1. The molecule has 11 aliphatic rings. The smallest absolute Gasteiger partial charge is 0.0714 e. The number of fused-ring (bicyclic) bond motifs is 9. The molecule has 464 valence electrons. The molecule has 1 heteroatoms. The van der Waals surface area contributed by atoms with Gasteiger partial charge in [-0.3, -0.25) is 0 Å². The van der Waals surface area contributed by atoms with Crippen LogP contribution in [0.2, 0.25) is 0 Å². The Morgan fingerprint density at radius 2 is 0.417 bits per heavy atom. The Kier molecular flexibility index (Phi) is 12.0. The van der Waals surface area contributed by atoms with Gasteiger partial charge in [0.2, 0.25) is 0 Å². The minimum atomic E-state index is -0.613. The van der Waals surface area contributed by atoms with Crippen LogP contribution >= 0.6 is 0 Å². The second kappa shape index (κ2) is 20.7. The van der Waals surface area contributed by atoms with Gasteiger partial charge in [-0.2, -0.15) is 0 Å². The van der Waals surface area contributed by atoms with E-state index in [1.807, 2.05) is 0 Å². The summed E-state index contributed by atoms with van der Waals surface area (Å²) in [7, 11) is 0. The standard InChI is InChI=1S/C95H79N/c1-5-19-70(20-6-1)93(71-21-7-2-8-22-71)85-30-16-13-27-79(85)82-44-41-76(53-88(82)93)96(77-42-45-83-80-28-14-17-31-86(80)94(89(83)54-77,72-23-9-3-10-24-72)73-25-11-4-12-26-73)78-43-46-84-81-29-15-18-32-87(81)95(90(84)55-78,74-37-33-68(34-38-74)91-56-62-47-63(57-91)49-64(48-62)58-91)75-39-35-69(36-40-75)92-59-65-50-66(60-92)52-67(51-65)61-92/h1-46,53-55,62-67H,47-52,56-61H2. The first-order valence-electron chi connectivity index (χ1n) is 36.4. The third-order valence-corrected chi connectivity index (χ3v) is 26.6. The van der Waals surface area contributed by atoms with Crippen LogP contribution in [-0.2, 0) is 27.1 Å². The average Bonchev–Trinajstić information content (AvgIpc) is 1.53. The highest BCUT2D eigenvalue weighted by Crippen LogP contribution is 2.66. The Morgan fingerprint density at radius 3 is 0.688 bits per heavy atom. The fourth-order valence-electron chi connectivity index (χ4n) is 23.9. The third-order valence-electron chi connectivity index (χ3n) is 26.6. The molecule has 0 heterocycles. The van der Waals surface area contributed by atoms with Gasteiger partial charge in [0, 0.05) is 17.1 Å². The maximum Gasteiger partial charge on any atom is 0.0714 e. The first kappa shape index (κ1) is 55.7. The van der Waals surface area contributed by atoms with Crippen LogP contribution < -0.4 is 4.90 Å². The highest BCUT2D eigenvalue weighted by Gasteiger charge is 2.55. The molecule has 96 heavy (non-hydrogen) atoms. The first-order valence-corrected chi connectivity index (χ1v) is 36.4. The highest BCUT2D eigenvalue weighted by molar-refractivity contribution is 5.94. The van der Waals surface area contributed by atoms with E-state index in [2.05, 4.69) is 302 Å². The lowest BCUT2D eigenvalue weighted by atomic mass is 9.48. The van der Waals surface area contributed by atoms with E-state index in [0.29, 0.717) is 10.8 Å². The van der Waals surface area contributed by atoms with Crippen LogP contribution in [0.15, 0.2) is 297 Å². The number of hydrogen-bond donors (Lipinski definition) is 0. The third kappa shape index (κ3) is 7.69. The molecule has 0 N–H and O–H groups in total. The number of hydrogen-bond acceptors (Lipinski definition) is 1. The summed E-state index contributed by atoms with van der Waals surface area (Å²) in [5.74, 6) is 5.29. The van der Waals surface area contributed by atoms with Gasteiger partial charge in [-0.25, -0.2) is 0 Å². The Labute approximate surface area is 566 Å². The summed E-state index contributed by atoms with van der Waals surface area (Å²) >= 11 is 0. The molecule has 0 amide bonds. The van der Waals surface area contributed by atoms with E-state index in [-0.39, 0.29) is 0 Å². The van der Waals surface area contributed by atoms with Crippen molar-refractivity contribution in [3.8, 4) is 33.4 Å². The minimum Gasteiger partial charge on any atom is -0.310 e. The van der Waals surface area contributed by atoms with Crippen LogP contribution in [0.25, 0.3) is 33.4 Å². The predicted molar refractivity (Wildman–Crippen MR) is 393 cm³/mol. The molecule has 0 aliphatic heterocycles. The molecule has 12 aromatic rings. The summed E-state index contributed by atoms with van der Waals surface area (Å²) in [6.07, 6.45) is 16.9. The lowest BCUT2D eigenvalue weighted by Crippen LogP contribution is -2.48. The maximum absolute atomic E-state index is 2.66. The van der Waals surface area contributed by atoms with Crippen molar-refractivity contribution in [1.29, 1.82) is 0 Å². The van der Waals surface area contributed by atoms with Gasteiger partial charge in [0.25, 0.3) is 0 Å². The molecular formula is C95H79N. The zero-order chi connectivity index (χ0) is 63.0. The molecule has 1 nitrogen and oxygen atoms in total. The van der Waals surface area contributed by atoms with Gasteiger partial charge in [0.15, 0.2) is 0 Å². The first-order chi connectivity index (χ1) is 47.4. The molecule has 8 bridgehead atoms. The molecule has 8 saturated carbocycles. The summed E-state index contributed by atoms with van der Waals surface area (Å²) in [5, 5.41) is 0. The predicted octanol–water partition coefficient (Wildman–Crippen LogP) is 23.2. The van der Waals surface area contributed by atoms with Gasteiger partial charge in [-0.15, -0.1) is 0 Å². The quantitative estimate of drug-likeness (QED) is 0.125. The normalized spacial score (nSPS) is 26.3. The maximum atomic E-state index is 2.66. The Bertz CT molecular complexity index is 4640. The van der Waals surface area contributed by atoms with Gasteiger partial charge < -0.3 is 4.90 Å². The van der Waals surface area contributed by atoms with Crippen molar-refractivity contribution in [2.45, 2.75) is 104 Å². The van der Waals surface area contributed by atoms with Crippen LogP contribution in [0.5, 0.6) is 0 Å². The summed E-state index contributed by atoms with van der Waals surface area (Å²) in [6.45, 7) is 0. The second-order valence-electron chi connectivity index (χ2n) is 31.4. The summed E-state index contributed by atoms with van der Waals surface area (Å²) in [6, 6.07) is 117.